The van der Waals surface area contributed by atoms with Gasteiger partial charge in [0.25, 0.3) is 0 Å². The van der Waals surface area contributed by atoms with Crippen LogP contribution in [0.15, 0.2) is 24.3 Å². The average molecular weight is 233 g/mol. The smallest absolute Gasteiger partial charge is 0.218 e. The molecule has 1 aliphatic rings. The van der Waals surface area contributed by atoms with Crippen molar-refractivity contribution in [2.24, 2.45) is 0 Å². The number of benzene rings is 1. The lowest BCUT2D eigenvalue weighted by atomic mass is 10.2. The van der Waals surface area contributed by atoms with Crippen molar-refractivity contribution in [3.05, 3.63) is 35.9 Å². The van der Waals surface area contributed by atoms with Gasteiger partial charge in [-0.15, -0.1) is 0 Å². The second kappa shape index (κ2) is 5.80. The lowest BCUT2D eigenvalue weighted by molar-refractivity contribution is -0.123. The molecule has 1 radical (unpaired) electrons. The van der Waals surface area contributed by atoms with Gasteiger partial charge in [-0.2, -0.15) is 0 Å². The third-order valence-corrected chi connectivity index (χ3v) is 2.78. The zero-order valence-electron chi connectivity index (χ0n) is 9.98. The van der Waals surface area contributed by atoms with E-state index in [9.17, 15) is 4.79 Å². The van der Waals surface area contributed by atoms with Crippen molar-refractivity contribution in [2.75, 3.05) is 19.8 Å². The van der Waals surface area contributed by atoms with Crippen molar-refractivity contribution >= 4 is 5.91 Å². The molecular weight excluding hydrogens is 216 g/mol. The lowest BCUT2D eigenvalue weighted by Crippen LogP contribution is -2.54. The maximum Gasteiger partial charge on any atom is 0.218 e. The van der Waals surface area contributed by atoms with E-state index in [1.807, 2.05) is 24.3 Å². The van der Waals surface area contributed by atoms with Crippen LogP contribution in [0.3, 0.4) is 0 Å². The largest absolute Gasteiger partial charge is 0.377 e. The quantitative estimate of drug-likeness (QED) is 0.839. The molecule has 1 amide bonds. The first-order valence-corrected chi connectivity index (χ1v) is 5.79. The standard InChI is InChI=1S/C13H17N2O2/c1-11(16)14-13-10-17-8-7-15(13)9-12-5-3-2-4-6-12/h3-6,13H,7-10H2,1H3,(H,14,16). The molecule has 4 nitrogen and oxygen atoms in total. The van der Waals surface area contributed by atoms with Gasteiger partial charge in [0.1, 0.15) is 6.17 Å². The molecule has 2 rings (SSSR count). The van der Waals surface area contributed by atoms with Gasteiger partial charge in [-0.1, -0.05) is 24.3 Å². The minimum Gasteiger partial charge on any atom is -0.377 e. The molecule has 1 atom stereocenters. The molecule has 0 bridgehead atoms. The second-order valence-corrected chi connectivity index (χ2v) is 4.17. The van der Waals surface area contributed by atoms with Crippen LogP contribution in [0.5, 0.6) is 0 Å². The van der Waals surface area contributed by atoms with Crippen LogP contribution in [0.4, 0.5) is 0 Å². The van der Waals surface area contributed by atoms with E-state index < -0.39 is 0 Å². The SMILES string of the molecule is CC(=O)NC1COCCN1Cc1cc[c]cc1. The summed E-state index contributed by atoms with van der Waals surface area (Å²) in [6, 6.07) is 10.9. The zero-order valence-corrected chi connectivity index (χ0v) is 9.98. The van der Waals surface area contributed by atoms with Crippen LogP contribution in [0.2, 0.25) is 0 Å². The van der Waals surface area contributed by atoms with Gasteiger partial charge in [0.15, 0.2) is 0 Å². The number of carbonyl (C=O) groups excluding carboxylic acids is 1. The van der Waals surface area contributed by atoms with Crippen LogP contribution in [-0.2, 0) is 16.1 Å². The van der Waals surface area contributed by atoms with E-state index in [1.54, 1.807) is 0 Å². The van der Waals surface area contributed by atoms with E-state index in [4.69, 9.17) is 4.74 Å². The highest BCUT2D eigenvalue weighted by molar-refractivity contribution is 5.73. The third-order valence-electron chi connectivity index (χ3n) is 2.78. The summed E-state index contributed by atoms with van der Waals surface area (Å²) in [6.07, 6.45) is -0.0227. The van der Waals surface area contributed by atoms with Crippen molar-refractivity contribution in [3.63, 3.8) is 0 Å². The summed E-state index contributed by atoms with van der Waals surface area (Å²) in [4.78, 5) is 13.3. The summed E-state index contributed by atoms with van der Waals surface area (Å²) in [6.45, 7) is 4.46. The molecule has 1 aliphatic heterocycles. The Morgan fingerprint density at radius 3 is 3.06 bits per heavy atom. The Labute approximate surface area is 102 Å². The molecular formula is C13H17N2O2. The molecule has 1 N–H and O–H groups in total. The van der Waals surface area contributed by atoms with Crippen LogP contribution < -0.4 is 5.32 Å². The maximum absolute atomic E-state index is 11.1. The molecule has 0 aliphatic carbocycles. The van der Waals surface area contributed by atoms with E-state index in [2.05, 4.69) is 16.3 Å². The Balaban J connectivity index is 1.99. The fourth-order valence-electron chi connectivity index (χ4n) is 1.96. The van der Waals surface area contributed by atoms with Crippen LogP contribution in [0.1, 0.15) is 12.5 Å². The highest BCUT2D eigenvalue weighted by Gasteiger charge is 2.23. The van der Waals surface area contributed by atoms with Gasteiger partial charge in [0.05, 0.1) is 13.2 Å². The predicted molar refractivity (Wildman–Crippen MR) is 64.1 cm³/mol. The lowest BCUT2D eigenvalue weighted by Gasteiger charge is -2.35. The van der Waals surface area contributed by atoms with E-state index >= 15 is 0 Å². The van der Waals surface area contributed by atoms with Crippen molar-refractivity contribution in [3.8, 4) is 0 Å². The Hall–Kier alpha value is -1.39. The summed E-state index contributed by atoms with van der Waals surface area (Å²) in [5.41, 5.74) is 1.22. The third kappa shape index (κ3) is 3.54. The number of morpholine rings is 1. The number of ether oxygens (including phenoxy) is 1. The van der Waals surface area contributed by atoms with Gasteiger partial charge in [-0.05, 0) is 11.6 Å². The number of hydrogen-bond acceptors (Lipinski definition) is 3. The Morgan fingerprint density at radius 2 is 2.35 bits per heavy atom. The Bertz CT molecular complexity index is 367. The first kappa shape index (κ1) is 12.1. The first-order valence-electron chi connectivity index (χ1n) is 5.79. The van der Waals surface area contributed by atoms with Crippen LogP contribution in [0, 0.1) is 6.07 Å². The fraction of sp³-hybridized carbons (Fsp3) is 0.462. The summed E-state index contributed by atoms with van der Waals surface area (Å²) in [7, 11) is 0. The van der Waals surface area contributed by atoms with Gasteiger partial charge in [-0.25, -0.2) is 0 Å². The molecule has 1 aromatic rings. The first-order chi connectivity index (χ1) is 8.25. The topological polar surface area (TPSA) is 41.6 Å². The van der Waals surface area contributed by atoms with Gasteiger partial charge >= 0.3 is 0 Å². The van der Waals surface area contributed by atoms with Gasteiger partial charge in [0, 0.05) is 20.0 Å². The minimum absolute atomic E-state index is 0.0214. The van der Waals surface area contributed by atoms with Crippen LogP contribution >= 0.6 is 0 Å². The number of nitrogens with one attached hydrogen (secondary N) is 1. The molecule has 1 fully saturated rings. The van der Waals surface area contributed by atoms with E-state index in [0.29, 0.717) is 6.61 Å². The number of amides is 1. The molecule has 0 spiro atoms. The zero-order chi connectivity index (χ0) is 12.1. The van der Waals surface area contributed by atoms with Gasteiger partial charge in [-0.3, -0.25) is 9.69 Å². The fourth-order valence-corrected chi connectivity index (χ4v) is 1.96. The van der Waals surface area contributed by atoms with E-state index in [1.165, 1.54) is 12.5 Å². The average Bonchev–Trinajstić information content (AvgIpc) is 2.32. The summed E-state index contributed by atoms with van der Waals surface area (Å²) < 4.78 is 5.39. The maximum atomic E-state index is 11.1. The molecule has 1 aromatic carbocycles. The minimum atomic E-state index is -0.0227. The second-order valence-electron chi connectivity index (χ2n) is 4.17. The molecule has 0 aromatic heterocycles. The normalized spacial score (nSPS) is 21.1. The molecule has 1 unspecified atom stereocenters. The Morgan fingerprint density at radius 1 is 1.59 bits per heavy atom. The summed E-state index contributed by atoms with van der Waals surface area (Å²) in [5, 5.41) is 2.91. The molecule has 1 saturated heterocycles. The highest BCUT2D eigenvalue weighted by Crippen LogP contribution is 2.10. The molecule has 17 heavy (non-hydrogen) atoms. The highest BCUT2D eigenvalue weighted by atomic mass is 16.5. The number of carbonyl (C=O) groups is 1. The molecule has 91 valence electrons. The van der Waals surface area contributed by atoms with Crippen LogP contribution in [-0.4, -0.2) is 36.7 Å². The summed E-state index contributed by atoms with van der Waals surface area (Å²) in [5.74, 6) is -0.0214. The van der Waals surface area contributed by atoms with Gasteiger partial charge in [0.2, 0.25) is 5.91 Å². The number of nitrogens with zero attached hydrogens (tertiary/aromatic N) is 1. The van der Waals surface area contributed by atoms with Crippen molar-refractivity contribution < 1.29 is 9.53 Å². The van der Waals surface area contributed by atoms with E-state index in [-0.39, 0.29) is 12.1 Å². The molecule has 1 heterocycles. The van der Waals surface area contributed by atoms with Crippen molar-refractivity contribution in [2.45, 2.75) is 19.6 Å². The van der Waals surface area contributed by atoms with E-state index in [0.717, 1.165) is 19.7 Å². The molecule has 4 heteroatoms. The number of rotatable bonds is 3. The monoisotopic (exact) mass is 233 g/mol. The number of hydrogen-bond donors (Lipinski definition) is 1. The van der Waals surface area contributed by atoms with Crippen molar-refractivity contribution in [1.29, 1.82) is 0 Å². The predicted octanol–water partition coefficient (Wildman–Crippen LogP) is 0.781. The Kier molecular flexibility index (Phi) is 4.12. The molecule has 0 saturated carbocycles. The van der Waals surface area contributed by atoms with Crippen molar-refractivity contribution in [1.82, 2.24) is 10.2 Å². The summed E-state index contributed by atoms with van der Waals surface area (Å²) >= 11 is 0. The van der Waals surface area contributed by atoms with Gasteiger partial charge < -0.3 is 10.1 Å². The van der Waals surface area contributed by atoms with Crippen LogP contribution in [0.25, 0.3) is 0 Å².